The first kappa shape index (κ1) is 34.6. The van der Waals surface area contributed by atoms with E-state index in [1.165, 1.54) is 22.2 Å². The Labute approximate surface area is 309 Å². The van der Waals surface area contributed by atoms with Crippen molar-refractivity contribution in [2.45, 2.75) is 51.2 Å². The molecule has 6 heterocycles. The van der Waals surface area contributed by atoms with E-state index in [1.807, 2.05) is 96.4 Å². The van der Waals surface area contributed by atoms with E-state index in [1.54, 1.807) is 6.20 Å². The highest BCUT2D eigenvalue weighted by Gasteiger charge is 2.42. The van der Waals surface area contributed by atoms with E-state index in [4.69, 9.17) is 9.51 Å². The molecule has 0 aliphatic carbocycles. The molecule has 0 spiro atoms. The molecule has 0 unspecified atom stereocenters. The number of likely N-dealkylation sites (tertiary alicyclic amines) is 2. The molecule has 270 valence electrons. The third kappa shape index (κ3) is 6.77. The lowest BCUT2D eigenvalue weighted by molar-refractivity contribution is -0.142. The molecule has 2 aliphatic rings. The minimum atomic E-state index is -1.22. The van der Waals surface area contributed by atoms with E-state index in [0.29, 0.717) is 67.2 Å². The van der Waals surface area contributed by atoms with Crippen molar-refractivity contribution in [2.75, 3.05) is 26.2 Å². The molecule has 8 rings (SSSR count). The van der Waals surface area contributed by atoms with Gasteiger partial charge in [0.05, 0.1) is 24.2 Å². The molecule has 2 atom stereocenters. The highest BCUT2D eigenvalue weighted by Crippen LogP contribution is 2.37. The van der Waals surface area contributed by atoms with Gasteiger partial charge in [-0.05, 0) is 50.8 Å². The predicted octanol–water partition coefficient (Wildman–Crippen LogP) is 5.49. The number of pyridine rings is 1. The van der Waals surface area contributed by atoms with Crippen molar-refractivity contribution in [3.8, 4) is 21.8 Å². The van der Waals surface area contributed by atoms with Crippen LogP contribution in [0.1, 0.15) is 51.8 Å². The normalized spacial score (nSPS) is 18.7. The lowest BCUT2D eigenvalue weighted by Gasteiger charge is -2.43. The third-order valence-corrected chi connectivity index (χ3v) is 11.8. The Balaban J connectivity index is 0.954. The Kier molecular flexibility index (Phi) is 9.21. The molecule has 1 N–H and O–H groups in total. The number of aromatic nitrogens is 5. The molecular weight excluding hydrogens is 691 g/mol. The van der Waals surface area contributed by atoms with Crippen LogP contribution >= 0.6 is 11.3 Å². The Bertz CT molecular complexity index is 2330. The molecule has 6 aromatic rings. The minimum Gasteiger partial charge on any atom is -0.388 e. The lowest BCUT2D eigenvalue weighted by Crippen LogP contribution is -2.53. The standard InChI is InChI=1S/C40H39N7O5S/c1-25-13-14-29(21-41-25)36-43-26(2)35(53-36)39(50)46-18-15-30(31(22-46)27-9-5-3-6-10-27)37(48)45-19-16-40(51,17-20-45)23-47-24-42-33-32(28-11-7-4-8-12-28)44-52-34(33)38(47)49/h3-14,21,24,30-31,51H,15-20,22-23H2,1-2H3/t30-,31+/m1/s1. The highest BCUT2D eigenvalue weighted by atomic mass is 32.1. The van der Waals surface area contributed by atoms with Crippen LogP contribution in [-0.4, -0.2) is 83.2 Å². The van der Waals surface area contributed by atoms with Gasteiger partial charge in [-0.15, -0.1) is 11.3 Å². The SMILES string of the molecule is Cc1ccc(-c2nc(C)c(C(=O)N3CC[C@@H](C(=O)N4CCC(O)(Cn5cnc6c(-c7ccccc7)noc6c5=O)CC4)[C@H](c4ccccc4)C3)s2)cn1. The van der Waals surface area contributed by atoms with Gasteiger partial charge in [0.1, 0.15) is 21.1 Å². The Morgan fingerprint density at radius 2 is 1.66 bits per heavy atom. The van der Waals surface area contributed by atoms with Crippen LogP contribution in [0.15, 0.2) is 94.6 Å². The zero-order valence-electron chi connectivity index (χ0n) is 29.5. The first-order valence-electron chi connectivity index (χ1n) is 17.8. The summed E-state index contributed by atoms with van der Waals surface area (Å²) in [5, 5.41) is 16.5. The first-order valence-corrected chi connectivity index (χ1v) is 18.7. The van der Waals surface area contributed by atoms with Crippen LogP contribution in [0.4, 0.5) is 0 Å². The number of carbonyl (C=O) groups is 2. The summed E-state index contributed by atoms with van der Waals surface area (Å²) < 4.78 is 6.79. The van der Waals surface area contributed by atoms with Crippen molar-refractivity contribution in [2.24, 2.45) is 5.92 Å². The number of benzene rings is 2. The monoisotopic (exact) mass is 729 g/mol. The van der Waals surface area contributed by atoms with Gasteiger partial charge in [0.25, 0.3) is 17.0 Å². The second kappa shape index (κ2) is 14.1. The highest BCUT2D eigenvalue weighted by molar-refractivity contribution is 7.17. The molecule has 53 heavy (non-hydrogen) atoms. The van der Waals surface area contributed by atoms with Gasteiger partial charge in [0, 0.05) is 61.0 Å². The fourth-order valence-electron chi connectivity index (χ4n) is 7.53. The number of aryl methyl sites for hydroxylation is 2. The lowest BCUT2D eigenvalue weighted by atomic mass is 9.79. The Morgan fingerprint density at radius 1 is 0.925 bits per heavy atom. The Hall–Kier alpha value is -5.53. The zero-order valence-corrected chi connectivity index (χ0v) is 30.3. The van der Waals surface area contributed by atoms with Gasteiger partial charge in [-0.2, -0.15) is 0 Å². The number of rotatable bonds is 7. The average Bonchev–Trinajstić information content (AvgIpc) is 3.80. The van der Waals surface area contributed by atoms with E-state index in [9.17, 15) is 19.5 Å². The summed E-state index contributed by atoms with van der Waals surface area (Å²) in [6, 6.07) is 23.2. The van der Waals surface area contributed by atoms with Gasteiger partial charge in [0.2, 0.25) is 5.91 Å². The van der Waals surface area contributed by atoms with E-state index in [0.717, 1.165) is 27.4 Å². The van der Waals surface area contributed by atoms with Gasteiger partial charge >= 0.3 is 0 Å². The van der Waals surface area contributed by atoms with Crippen LogP contribution in [-0.2, 0) is 11.3 Å². The molecule has 0 saturated carbocycles. The number of fused-ring (bicyclic) bond motifs is 1. The van der Waals surface area contributed by atoms with Crippen molar-refractivity contribution < 1.29 is 19.2 Å². The van der Waals surface area contributed by atoms with Crippen LogP contribution in [0.2, 0.25) is 0 Å². The molecule has 13 heteroatoms. The predicted molar refractivity (Wildman–Crippen MR) is 200 cm³/mol. The first-order chi connectivity index (χ1) is 25.7. The number of hydrogen-bond donors (Lipinski definition) is 1. The van der Waals surface area contributed by atoms with E-state index < -0.39 is 11.2 Å². The van der Waals surface area contributed by atoms with Crippen molar-refractivity contribution in [1.82, 2.24) is 34.5 Å². The van der Waals surface area contributed by atoms with Crippen LogP contribution in [0.5, 0.6) is 0 Å². The van der Waals surface area contributed by atoms with Gasteiger partial charge < -0.3 is 19.4 Å². The zero-order chi connectivity index (χ0) is 36.7. The molecule has 0 radical (unpaired) electrons. The smallest absolute Gasteiger partial charge is 0.300 e. The summed E-state index contributed by atoms with van der Waals surface area (Å²) in [6.07, 6.45) is 4.32. The van der Waals surface area contributed by atoms with Gasteiger partial charge in [-0.25, -0.2) is 9.97 Å². The fraction of sp³-hybridized carbons (Fsp3) is 0.325. The molecule has 0 bridgehead atoms. The minimum absolute atomic E-state index is 0.0183. The van der Waals surface area contributed by atoms with Gasteiger partial charge in [0.15, 0.2) is 0 Å². The van der Waals surface area contributed by atoms with E-state index in [-0.39, 0.29) is 35.8 Å². The van der Waals surface area contributed by atoms with E-state index in [2.05, 4.69) is 15.1 Å². The quantitative estimate of drug-likeness (QED) is 0.225. The van der Waals surface area contributed by atoms with Crippen molar-refractivity contribution in [1.29, 1.82) is 0 Å². The van der Waals surface area contributed by atoms with Crippen LogP contribution in [0.25, 0.3) is 32.9 Å². The van der Waals surface area contributed by atoms with Crippen LogP contribution in [0.3, 0.4) is 0 Å². The van der Waals surface area contributed by atoms with Gasteiger partial charge in [-0.3, -0.25) is 23.9 Å². The van der Waals surface area contributed by atoms with Crippen molar-refractivity contribution >= 4 is 34.3 Å². The maximum atomic E-state index is 14.3. The maximum absolute atomic E-state index is 14.3. The number of aliphatic hydroxyl groups is 1. The second-order valence-electron chi connectivity index (χ2n) is 14.1. The number of hydrogen-bond acceptors (Lipinski definition) is 10. The summed E-state index contributed by atoms with van der Waals surface area (Å²) in [6.45, 7) is 5.35. The maximum Gasteiger partial charge on any atom is 0.300 e. The van der Waals surface area contributed by atoms with Crippen LogP contribution in [0, 0.1) is 19.8 Å². The largest absolute Gasteiger partial charge is 0.388 e. The van der Waals surface area contributed by atoms with E-state index >= 15 is 0 Å². The van der Waals surface area contributed by atoms with Crippen LogP contribution < -0.4 is 5.56 Å². The fourth-order valence-corrected chi connectivity index (χ4v) is 8.56. The summed E-state index contributed by atoms with van der Waals surface area (Å²) in [4.78, 5) is 59.4. The molecular formula is C40H39N7O5S. The molecule has 2 aromatic carbocycles. The summed E-state index contributed by atoms with van der Waals surface area (Å²) >= 11 is 1.37. The average molecular weight is 730 g/mol. The molecule has 2 aliphatic heterocycles. The number of piperidine rings is 2. The topological polar surface area (TPSA) is 148 Å². The molecule has 2 fully saturated rings. The van der Waals surface area contributed by atoms with Gasteiger partial charge in [-0.1, -0.05) is 65.8 Å². The summed E-state index contributed by atoms with van der Waals surface area (Å²) in [5.74, 6) is -0.587. The molecule has 4 aromatic heterocycles. The number of thiazole rings is 1. The number of nitrogens with zero attached hydrogens (tertiary/aromatic N) is 7. The second-order valence-corrected chi connectivity index (χ2v) is 15.1. The van der Waals surface area contributed by atoms with Crippen molar-refractivity contribution in [3.63, 3.8) is 0 Å². The number of carbonyl (C=O) groups excluding carboxylic acids is 2. The molecule has 2 saturated heterocycles. The Morgan fingerprint density at radius 3 is 2.38 bits per heavy atom. The molecule has 2 amide bonds. The van der Waals surface area contributed by atoms with Crippen molar-refractivity contribution in [3.05, 3.63) is 118 Å². The summed E-state index contributed by atoms with van der Waals surface area (Å²) in [7, 11) is 0. The third-order valence-electron chi connectivity index (χ3n) is 10.6. The summed E-state index contributed by atoms with van der Waals surface area (Å²) in [5.41, 5.74) is 3.54. The molecule has 12 nitrogen and oxygen atoms in total. The number of amides is 2.